The van der Waals surface area contributed by atoms with E-state index in [0.29, 0.717) is 18.8 Å². The smallest absolute Gasteiger partial charge is 0.222 e. The van der Waals surface area contributed by atoms with Gasteiger partial charge in [0.25, 0.3) is 0 Å². The fourth-order valence-electron chi connectivity index (χ4n) is 2.12. The van der Waals surface area contributed by atoms with Crippen molar-refractivity contribution < 1.29 is 14.3 Å². The van der Waals surface area contributed by atoms with Crippen molar-refractivity contribution in [3.8, 4) is 0 Å². The van der Waals surface area contributed by atoms with Crippen molar-refractivity contribution in [3.05, 3.63) is 12.2 Å². The third-order valence-corrected chi connectivity index (χ3v) is 3.13. The van der Waals surface area contributed by atoms with Crippen LogP contribution in [0.5, 0.6) is 0 Å². The summed E-state index contributed by atoms with van der Waals surface area (Å²) in [5.41, 5.74) is 0. The predicted octanol–water partition coefficient (Wildman–Crippen LogP) is 1.79. The highest BCUT2D eigenvalue weighted by Crippen LogP contribution is 2.22. The molecule has 1 amide bonds. The molecule has 3 atom stereocenters. The number of carbonyl (C=O) groups excluding carboxylic acids is 2. The topological polar surface area (TPSA) is 46.6 Å². The fourth-order valence-corrected chi connectivity index (χ4v) is 2.12. The molecule has 0 saturated carbocycles. The number of carbonyl (C=O) groups is 2. The van der Waals surface area contributed by atoms with E-state index < -0.39 is 0 Å². The second-order valence-electron chi connectivity index (χ2n) is 5.20. The van der Waals surface area contributed by atoms with Gasteiger partial charge in [0.2, 0.25) is 5.91 Å². The summed E-state index contributed by atoms with van der Waals surface area (Å²) in [6.07, 6.45) is 7.64. The Morgan fingerprint density at radius 1 is 1.56 bits per heavy atom. The lowest BCUT2D eigenvalue weighted by Gasteiger charge is -2.27. The molecule has 102 valence electrons. The van der Waals surface area contributed by atoms with Crippen LogP contribution in [-0.2, 0) is 14.3 Å². The molecule has 1 heterocycles. The van der Waals surface area contributed by atoms with Crippen LogP contribution in [0.15, 0.2) is 12.2 Å². The molecule has 0 unspecified atom stereocenters. The van der Waals surface area contributed by atoms with Gasteiger partial charge in [-0.15, -0.1) is 0 Å². The summed E-state index contributed by atoms with van der Waals surface area (Å²) in [6.45, 7) is 2.07. The summed E-state index contributed by atoms with van der Waals surface area (Å²) in [7, 11) is 3.55. The number of nitrogens with zero attached hydrogens (tertiary/aromatic N) is 1. The van der Waals surface area contributed by atoms with E-state index in [9.17, 15) is 9.59 Å². The molecule has 0 aromatic carbocycles. The second-order valence-corrected chi connectivity index (χ2v) is 5.20. The van der Waals surface area contributed by atoms with Gasteiger partial charge in [0.05, 0.1) is 12.2 Å². The monoisotopic (exact) mass is 253 g/mol. The van der Waals surface area contributed by atoms with Crippen LogP contribution >= 0.6 is 0 Å². The molecule has 0 aromatic rings. The summed E-state index contributed by atoms with van der Waals surface area (Å²) in [4.78, 5) is 23.7. The number of hydrogen-bond donors (Lipinski definition) is 0. The molecule has 1 aliphatic heterocycles. The Balaban J connectivity index is 2.36. The minimum atomic E-state index is -0.0852. The summed E-state index contributed by atoms with van der Waals surface area (Å²) < 4.78 is 5.80. The number of ether oxygens (including phenoxy) is 1. The lowest BCUT2D eigenvalue weighted by atomic mass is 9.96. The summed E-state index contributed by atoms with van der Waals surface area (Å²) >= 11 is 0. The van der Waals surface area contributed by atoms with Gasteiger partial charge in [-0.05, 0) is 18.8 Å². The van der Waals surface area contributed by atoms with E-state index in [2.05, 4.69) is 13.0 Å². The molecule has 1 aliphatic rings. The molecule has 0 N–H and O–H groups in total. The molecule has 4 nitrogen and oxygen atoms in total. The molecule has 0 saturated heterocycles. The minimum Gasteiger partial charge on any atom is -0.370 e. The van der Waals surface area contributed by atoms with E-state index in [1.54, 1.807) is 19.0 Å². The Bertz CT molecular complexity index is 312. The largest absolute Gasteiger partial charge is 0.370 e. The Labute approximate surface area is 109 Å². The van der Waals surface area contributed by atoms with E-state index >= 15 is 0 Å². The van der Waals surface area contributed by atoms with Crippen molar-refractivity contribution in [3.63, 3.8) is 0 Å². The van der Waals surface area contributed by atoms with Crippen LogP contribution < -0.4 is 0 Å². The SMILES string of the molecule is C[C@@H](CC(=O)N(C)C)C[C@@H]1CC=C[C@@H](CC=O)O1. The van der Waals surface area contributed by atoms with Gasteiger partial charge in [-0.2, -0.15) is 0 Å². The first-order valence-electron chi connectivity index (χ1n) is 6.48. The molecule has 0 radical (unpaired) electrons. The van der Waals surface area contributed by atoms with Crippen molar-refractivity contribution in [2.24, 2.45) is 5.92 Å². The molecule has 18 heavy (non-hydrogen) atoms. The molecule has 0 spiro atoms. The third-order valence-electron chi connectivity index (χ3n) is 3.13. The number of aldehydes is 1. The molecule has 0 aliphatic carbocycles. The van der Waals surface area contributed by atoms with Crippen LogP contribution in [0.2, 0.25) is 0 Å². The first kappa shape index (κ1) is 14.9. The fraction of sp³-hybridized carbons (Fsp3) is 0.714. The summed E-state index contributed by atoms with van der Waals surface area (Å²) in [6, 6.07) is 0. The van der Waals surface area contributed by atoms with Gasteiger partial charge in [-0.1, -0.05) is 19.1 Å². The van der Waals surface area contributed by atoms with Gasteiger partial charge in [-0.3, -0.25) is 4.79 Å². The first-order chi connectivity index (χ1) is 8.52. The lowest BCUT2D eigenvalue weighted by Crippen LogP contribution is -2.28. The Morgan fingerprint density at radius 3 is 2.89 bits per heavy atom. The normalized spacial score (nSPS) is 24.6. The number of hydrogen-bond acceptors (Lipinski definition) is 3. The van der Waals surface area contributed by atoms with Crippen LogP contribution in [0.1, 0.15) is 32.6 Å². The maximum Gasteiger partial charge on any atom is 0.222 e. The highest BCUT2D eigenvalue weighted by atomic mass is 16.5. The van der Waals surface area contributed by atoms with E-state index in [0.717, 1.165) is 19.1 Å². The molecule has 0 aromatic heterocycles. The van der Waals surface area contributed by atoms with Gasteiger partial charge < -0.3 is 14.4 Å². The molecular weight excluding hydrogens is 230 g/mol. The third kappa shape index (κ3) is 5.00. The predicted molar refractivity (Wildman–Crippen MR) is 70.2 cm³/mol. The Kier molecular flexibility index (Phi) is 6.05. The minimum absolute atomic E-state index is 0.0852. The maximum absolute atomic E-state index is 11.6. The molecule has 1 rings (SSSR count). The molecular formula is C14H23NO3. The van der Waals surface area contributed by atoms with Crippen LogP contribution in [0.4, 0.5) is 0 Å². The number of rotatable bonds is 6. The average Bonchev–Trinajstić information content (AvgIpc) is 2.29. The van der Waals surface area contributed by atoms with E-state index in [4.69, 9.17) is 4.74 Å². The van der Waals surface area contributed by atoms with E-state index in [-0.39, 0.29) is 18.1 Å². The van der Waals surface area contributed by atoms with Crippen molar-refractivity contribution in [1.82, 2.24) is 4.90 Å². The van der Waals surface area contributed by atoms with Crippen LogP contribution in [-0.4, -0.2) is 43.4 Å². The number of amides is 1. The Morgan fingerprint density at radius 2 is 2.28 bits per heavy atom. The van der Waals surface area contributed by atoms with Gasteiger partial charge in [0.1, 0.15) is 6.29 Å². The zero-order chi connectivity index (χ0) is 13.5. The molecule has 0 bridgehead atoms. The highest BCUT2D eigenvalue weighted by Gasteiger charge is 2.21. The van der Waals surface area contributed by atoms with Crippen molar-refractivity contribution in [2.45, 2.75) is 44.8 Å². The zero-order valence-corrected chi connectivity index (χ0v) is 11.5. The molecule has 4 heteroatoms. The molecule has 0 fully saturated rings. The van der Waals surface area contributed by atoms with Gasteiger partial charge in [0, 0.05) is 26.9 Å². The van der Waals surface area contributed by atoms with Crippen LogP contribution in [0.3, 0.4) is 0 Å². The first-order valence-corrected chi connectivity index (χ1v) is 6.48. The standard InChI is InChI=1S/C14H23NO3/c1-11(10-14(17)15(2)3)9-13-6-4-5-12(18-13)7-8-16/h4-5,8,11-13H,6-7,9-10H2,1-3H3/t11-,12+,13+/m1/s1. The quantitative estimate of drug-likeness (QED) is 0.535. The summed E-state index contributed by atoms with van der Waals surface area (Å²) in [5, 5.41) is 0. The lowest BCUT2D eigenvalue weighted by molar-refractivity contribution is -0.129. The van der Waals surface area contributed by atoms with Crippen LogP contribution in [0.25, 0.3) is 0 Å². The van der Waals surface area contributed by atoms with Gasteiger partial charge in [-0.25, -0.2) is 0 Å². The zero-order valence-electron chi connectivity index (χ0n) is 11.5. The van der Waals surface area contributed by atoms with Crippen molar-refractivity contribution in [1.29, 1.82) is 0 Å². The van der Waals surface area contributed by atoms with E-state index in [1.807, 2.05) is 6.08 Å². The average molecular weight is 253 g/mol. The van der Waals surface area contributed by atoms with Gasteiger partial charge in [0.15, 0.2) is 0 Å². The van der Waals surface area contributed by atoms with Crippen LogP contribution in [0, 0.1) is 5.92 Å². The van der Waals surface area contributed by atoms with Gasteiger partial charge >= 0.3 is 0 Å². The Hall–Kier alpha value is -1.16. The second kappa shape index (κ2) is 7.31. The van der Waals surface area contributed by atoms with E-state index in [1.165, 1.54) is 0 Å². The summed E-state index contributed by atoms with van der Waals surface area (Å²) in [5.74, 6) is 0.451. The highest BCUT2D eigenvalue weighted by molar-refractivity contribution is 5.75. The maximum atomic E-state index is 11.6. The van der Waals surface area contributed by atoms with Crippen molar-refractivity contribution in [2.75, 3.05) is 14.1 Å². The van der Waals surface area contributed by atoms with Crippen molar-refractivity contribution >= 4 is 12.2 Å².